The summed E-state index contributed by atoms with van der Waals surface area (Å²) in [5.41, 5.74) is -0.781. The number of hydrogen-bond acceptors (Lipinski definition) is 7. The minimum Gasteiger partial charge on any atom is -0.744 e. The Bertz CT molecular complexity index is 1310. The Morgan fingerprint density at radius 2 is 0.780 bits per heavy atom. The second kappa shape index (κ2) is 42.5. The Labute approximate surface area is 405 Å². The van der Waals surface area contributed by atoms with Gasteiger partial charge in [-0.15, -0.1) is 0 Å². The van der Waals surface area contributed by atoms with Crippen molar-refractivity contribution in [3.05, 3.63) is 53.6 Å². The molecule has 0 saturated heterocycles. The molecular formula is C50H85KO7S. The molecule has 1 aromatic carbocycles. The Balaban J connectivity index is 0.0000336. The SMILES string of the molecule is CCCCCCCCC/C=C/CCCCCCCCCCOC(=O)c1cccc(S(=O)(=O)[O-])c1C(=O)OCCCCCCCCCC/C=C/CCCCCCCCC.[K+]. The molecule has 9 heteroatoms. The summed E-state index contributed by atoms with van der Waals surface area (Å²) in [6.07, 6.45) is 50.4. The summed E-state index contributed by atoms with van der Waals surface area (Å²) >= 11 is 0. The molecule has 0 aliphatic carbocycles. The molecule has 0 amide bonds. The second-order valence-corrected chi connectivity index (χ2v) is 17.7. The van der Waals surface area contributed by atoms with Crippen molar-refractivity contribution in [2.45, 2.75) is 237 Å². The maximum absolute atomic E-state index is 13.0. The van der Waals surface area contributed by atoms with Crippen LogP contribution in [0.25, 0.3) is 0 Å². The van der Waals surface area contributed by atoms with Crippen LogP contribution in [0.15, 0.2) is 47.4 Å². The molecule has 1 rings (SSSR count). The van der Waals surface area contributed by atoms with E-state index >= 15 is 0 Å². The van der Waals surface area contributed by atoms with Gasteiger partial charge >= 0.3 is 63.3 Å². The molecule has 0 radical (unpaired) electrons. The first-order chi connectivity index (χ1) is 28.3. The van der Waals surface area contributed by atoms with Crippen LogP contribution in [0.2, 0.25) is 0 Å². The van der Waals surface area contributed by atoms with Gasteiger partial charge < -0.3 is 14.0 Å². The number of hydrogen-bond donors (Lipinski definition) is 0. The average Bonchev–Trinajstić information content (AvgIpc) is 3.21. The van der Waals surface area contributed by atoms with Gasteiger partial charge in [0.25, 0.3) is 0 Å². The minimum atomic E-state index is -5.02. The monoisotopic (exact) mass is 869 g/mol. The summed E-state index contributed by atoms with van der Waals surface area (Å²) in [5.74, 6) is -1.81. The van der Waals surface area contributed by atoms with Gasteiger partial charge in [0.1, 0.15) is 10.1 Å². The zero-order valence-corrected chi connectivity index (χ0v) is 42.2. The summed E-state index contributed by atoms with van der Waals surface area (Å²) in [4.78, 5) is 25.3. The van der Waals surface area contributed by atoms with E-state index in [4.69, 9.17) is 9.47 Å². The normalized spacial score (nSPS) is 11.7. The van der Waals surface area contributed by atoms with E-state index in [1.165, 1.54) is 173 Å². The van der Waals surface area contributed by atoms with Gasteiger partial charge in [0.15, 0.2) is 0 Å². The molecule has 0 aliphatic heterocycles. The van der Waals surface area contributed by atoms with Gasteiger partial charge in [-0.1, -0.05) is 198 Å². The fourth-order valence-electron chi connectivity index (χ4n) is 7.36. The van der Waals surface area contributed by atoms with Gasteiger partial charge in [-0.25, -0.2) is 18.0 Å². The van der Waals surface area contributed by atoms with Gasteiger partial charge in [0.05, 0.1) is 29.2 Å². The molecule has 0 atom stereocenters. The molecule has 0 aromatic heterocycles. The summed E-state index contributed by atoms with van der Waals surface area (Å²) in [5, 5.41) is 0. The third-order valence-electron chi connectivity index (χ3n) is 11.0. The molecule has 59 heavy (non-hydrogen) atoms. The van der Waals surface area contributed by atoms with Crippen LogP contribution in [0, 0.1) is 0 Å². The van der Waals surface area contributed by atoms with Crippen LogP contribution >= 0.6 is 0 Å². The largest absolute Gasteiger partial charge is 1.00 e. The number of benzene rings is 1. The Kier molecular flexibility index (Phi) is 41.9. The van der Waals surface area contributed by atoms with Crippen LogP contribution in [0.5, 0.6) is 0 Å². The van der Waals surface area contributed by atoms with Crippen molar-refractivity contribution in [2.24, 2.45) is 0 Å². The zero-order chi connectivity index (χ0) is 42.2. The van der Waals surface area contributed by atoms with Gasteiger partial charge in [0.2, 0.25) is 0 Å². The standard InChI is InChI=1S/C50H86O7S.K/c1-3-5-7-9-11-13-15-17-19-21-23-25-27-29-31-33-35-37-39-44-56-49(51)46-42-41-43-47(58(53,54)55)48(46)50(52)57-45-40-38-36-34-32-30-28-26-24-22-20-18-16-14-12-10-8-6-4-2;/h19-22,41-43H,3-18,23-40,44-45H2,1-2H3,(H,53,54,55);/q;+1/p-1/b21-19+,22-20+;. The molecule has 0 N–H and O–H groups in total. The summed E-state index contributed by atoms with van der Waals surface area (Å²) < 4.78 is 46.8. The molecular weight excluding hydrogens is 784 g/mol. The van der Waals surface area contributed by atoms with E-state index in [9.17, 15) is 22.6 Å². The number of rotatable bonds is 41. The van der Waals surface area contributed by atoms with Crippen molar-refractivity contribution in [3.63, 3.8) is 0 Å². The molecule has 334 valence electrons. The third-order valence-corrected chi connectivity index (χ3v) is 11.9. The number of carbonyl (C=O) groups is 2. The fraction of sp³-hybridized carbons (Fsp3) is 0.760. The molecule has 0 spiro atoms. The van der Waals surface area contributed by atoms with Crippen LogP contribution in [0.3, 0.4) is 0 Å². The first-order valence-corrected chi connectivity index (χ1v) is 25.5. The van der Waals surface area contributed by atoms with E-state index in [1.807, 2.05) is 0 Å². The van der Waals surface area contributed by atoms with E-state index in [-0.39, 0.29) is 70.2 Å². The van der Waals surface area contributed by atoms with Gasteiger partial charge in [-0.05, 0) is 76.3 Å². The third kappa shape index (κ3) is 34.4. The number of esters is 2. The predicted octanol–water partition coefficient (Wildman–Crippen LogP) is 12.3. The zero-order valence-electron chi connectivity index (χ0n) is 38.3. The van der Waals surface area contributed by atoms with Gasteiger partial charge in [0, 0.05) is 0 Å². The van der Waals surface area contributed by atoms with E-state index in [1.54, 1.807) is 0 Å². The predicted molar refractivity (Wildman–Crippen MR) is 242 cm³/mol. The smallest absolute Gasteiger partial charge is 0.744 e. The first kappa shape index (κ1) is 58.2. The first-order valence-electron chi connectivity index (χ1n) is 24.1. The Hall–Kier alpha value is -0.814. The molecule has 0 heterocycles. The minimum absolute atomic E-state index is 0. The Morgan fingerprint density at radius 1 is 0.475 bits per heavy atom. The van der Waals surface area contributed by atoms with E-state index in [0.29, 0.717) is 12.8 Å². The van der Waals surface area contributed by atoms with Crippen molar-refractivity contribution in [3.8, 4) is 0 Å². The molecule has 0 saturated carbocycles. The summed E-state index contributed by atoms with van der Waals surface area (Å²) in [7, 11) is -5.02. The van der Waals surface area contributed by atoms with Gasteiger partial charge in [-0.3, -0.25) is 0 Å². The molecule has 0 fully saturated rings. The molecule has 1 aromatic rings. The van der Waals surface area contributed by atoms with E-state index < -0.39 is 32.5 Å². The van der Waals surface area contributed by atoms with Crippen molar-refractivity contribution in [1.82, 2.24) is 0 Å². The van der Waals surface area contributed by atoms with E-state index in [2.05, 4.69) is 38.2 Å². The number of ether oxygens (including phenoxy) is 2. The number of allylic oxidation sites excluding steroid dienone is 4. The Morgan fingerprint density at radius 3 is 1.12 bits per heavy atom. The topological polar surface area (TPSA) is 110 Å². The van der Waals surface area contributed by atoms with Crippen LogP contribution < -0.4 is 51.4 Å². The summed E-state index contributed by atoms with van der Waals surface area (Å²) in [6, 6.07) is 3.63. The van der Waals surface area contributed by atoms with Crippen LogP contribution in [-0.2, 0) is 19.6 Å². The summed E-state index contributed by atoms with van der Waals surface area (Å²) in [6.45, 7) is 4.76. The molecule has 0 aliphatic rings. The molecule has 7 nitrogen and oxygen atoms in total. The fourth-order valence-corrected chi connectivity index (χ4v) is 8.05. The van der Waals surface area contributed by atoms with Crippen molar-refractivity contribution in [1.29, 1.82) is 0 Å². The van der Waals surface area contributed by atoms with Crippen molar-refractivity contribution >= 4 is 22.1 Å². The number of unbranched alkanes of at least 4 members (excludes halogenated alkanes) is 30. The number of carbonyl (C=O) groups excluding carboxylic acids is 2. The van der Waals surface area contributed by atoms with Crippen molar-refractivity contribution in [2.75, 3.05) is 13.2 Å². The van der Waals surface area contributed by atoms with Gasteiger partial charge in [-0.2, -0.15) is 0 Å². The van der Waals surface area contributed by atoms with Crippen molar-refractivity contribution < 1.29 is 83.4 Å². The second-order valence-electron chi connectivity index (χ2n) is 16.4. The molecule has 0 unspecified atom stereocenters. The maximum Gasteiger partial charge on any atom is 1.00 e. The maximum atomic E-state index is 13.0. The molecule has 0 bridgehead atoms. The van der Waals surface area contributed by atoms with Crippen LogP contribution in [0.1, 0.15) is 253 Å². The quantitative estimate of drug-likeness (QED) is 0.0212. The van der Waals surface area contributed by atoms with Crippen LogP contribution in [-0.4, -0.2) is 38.1 Å². The van der Waals surface area contributed by atoms with E-state index in [0.717, 1.165) is 51.0 Å². The van der Waals surface area contributed by atoms with Crippen LogP contribution in [0.4, 0.5) is 0 Å². The average molecular weight is 869 g/mol.